The van der Waals surface area contributed by atoms with Crippen LogP contribution in [0, 0.1) is 3.95 Å². The van der Waals surface area contributed by atoms with Crippen LogP contribution in [0.15, 0.2) is 54.6 Å². The Morgan fingerprint density at radius 3 is 2.50 bits per heavy atom. The van der Waals surface area contributed by atoms with Gasteiger partial charge in [-0.1, -0.05) is 59.3 Å². The van der Waals surface area contributed by atoms with Gasteiger partial charge in [0.05, 0.1) is 0 Å². The minimum Gasteiger partial charge on any atom is -0.346 e. The van der Waals surface area contributed by atoms with Crippen molar-refractivity contribution in [3.05, 3.63) is 74.0 Å². The smallest absolute Gasteiger partial charge is 0.267 e. The van der Waals surface area contributed by atoms with E-state index in [1.165, 1.54) is 11.3 Å². The first kappa shape index (κ1) is 15.4. The summed E-state index contributed by atoms with van der Waals surface area (Å²) in [4.78, 5) is 13.1. The fraction of sp³-hybridized carbons (Fsp3) is 0.0588. The SMILES string of the molecule is O=C1N[C@H](c2ccccc2Cl)Nc2c1sc(=S)n2-c1ccccc1. The van der Waals surface area contributed by atoms with Crippen LogP contribution in [0.25, 0.3) is 5.69 Å². The van der Waals surface area contributed by atoms with E-state index in [1.54, 1.807) is 6.07 Å². The van der Waals surface area contributed by atoms with Crippen LogP contribution in [0.2, 0.25) is 5.02 Å². The number of nitrogens with zero attached hydrogens (tertiary/aromatic N) is 1. The Balaban J connectivity index is 1.84. The van der Waals surface area contributed by atoms with Crippen LogP contribution in [0.4, 0.5) is 5.82 Å². The number of aromatic nitrogens is 1. The summed E-state index contributed by atoms with van der Waals surface area (Å²) in [6, 6.07) is 17.2. The Hall–Kier alpha value is -2.15. The summed E-state index contributed by atoms with van der Waals surface area (Å²) in [5.41, 5.74) is 1.73. The number of amides is 1. The van der Waals surface area contributed by atoms with Crippen LogP contribution in [0.3, 0.4) is 0 Å². The number of hydrogen-bond donors (Lipinski definition) is 2. The first-order valence-electron chi connectivity index (χ1n) is 7.28. The van der Waals surface area contributed by atoms with E-state index >= 15 is 0 Å². The Morgan fingerprint density at radius 1 is 1.04 bits per heavy atom. The van der Waals surface area contributed by atoms with Gasteiger partial charge >= 0.3 is 0 Å². The van der Waals surface area contributed by atoms with Crippen LogP contribution >= 0.6 is 35.2 Å². The van der Waals surface area contributed by atoms with Crippen molar-refractivity contribution in [1.82, 2.24) is 9.88 Å². The number of hydrogen-bond acceptors (Lipinski definition) is 4. The molecule has 120 valence electrons. The molecule has 1 aromatic heterocycles. The largest absolute Gasteiger partial charge is 0.346 e. The molecule has 1 amide bonds. The summed E-state index contributed by atoms with van der Waals surface area (Å²) in [6.07, 6.45) is -0.405. The monoisotopic (exact) mass is 373 g/mol. The van der Waals surface area contributed by atoms with Gasteiger partial charge in [0.25, 0.3) is 5.91 Å². The maximum absolute atomic E-state index is 12.5. The molecule has 1 atom stereocenters. The Labute approximate surface area is 152 Å². The molecule has 0 saturated heterocycles. The molecule has 24 heavy (non-hydrogen) atoms. The van der Waals surface area contributed by atoms with E-state index in [0.717, 1.165) is 11.3 Å². The molecular weight excluding hydrogens is 362 g/mol. The second-order valence-electron chi connectivity index (χ2n) is 5.29. The van der Waals surface area contributed by atoms with Crippen molar-refractivity contribution in [3.8, 4) is 5.69 Å². The highest BCUT2D eigenvalue weighted by atomic mass is 35.5. The molecule has 0 spiro atoms. The number of carbonyl (C=O) groups is 1. The normalized spacial score (nSPS) is 16.2. The van der Waals surface area contributed by atoms with E-state index in [2.05, 4.69) is 10.6 Å². The first-order valence-corrected chi connectivity index (χ1v) is 8.88. The summed E-state index contributed by atoms with van der Waals surface area (Å²) in [6.45, 7) is 0. The molecule has 0 radical (unpaired) electrons. The lowest BCUT2D eigenvalue weighted by atomic mass is 10.1. The van der Waals surface area contributed by atoms with Crippen LogP contribution in [0.5, 0.6) is 0 Å². The Kier molecular flexibility index (Phi) is 3.88. The average Bonchev–Trinajstić information content (AvgIpc) is 2.93. The second kappa shape index (κ2) is 6.05. The van der Waals surface area contributed by atoms with Gasteiger partial charge in [0.2, 0.25) is 0 Å². The lowest BCUT2D eigenvalue weighted by Crippen LogP contribution is -2.38. The number of nitrogens with one attached hydrogen (secondary N) is 2. The summed E-state index contributed by atoms with van der Waals surface area (Å²) >= 11 is 13.0. The van der Waals surface area contributed by atoms with Gasteiger partial charge in [0.15, 0.2) is 3.95 Å². The van der Waals surface area contributed by atoms with E-state index in [4.69, 9.17) is 23.8 Å². The average molecular weight is 374 g/mol. The number of halogens is 1. The maximum Gasteiger partial charge on any atom is 0.267 e. The number of thiazole rings is 1. The van der Waals surface area contributed by atoms with Crippen molar-refractivity contribution < 1.29 is 4.79 Å². The molecule has 3 aromatic rings. The number of anilines is 1. The summed E-state index contributed by atoms with van der Waals surface area (Å²) < 4.78 is 2.51. The Bertz CT molecular complexity index is 981. The van der Waals surface area contributed by atoms with Gasteiger partial charge in [-0.05, 0) is 30.4 Å². The van der Waals surface area contributed by atoms with Gasteiger partial charge in [-0.25, -0.2) is 0 Å². The molecule has 0 saturated carbocycles. The second-order valence-corrected chi connectivity index (χ2v) is 7.34. The minimum absolute atomic E-state index is 0.153. The zero-order valence-corrected chi connectivity index (χ0v) is 14.7. The van der Waals surface area contributed by atoms with Crippen molar-refractivity contribution in [1.29, 1.82) is 0 Å². The lowest BCUT2D eigenvalue weighted by Gasteiger charge is -2.27. The summed E-state index contributed by atoms with van der Waals surface area (Å²) in [5, 5.41) is 6.90. The molecule has 4 rings (SSSR count). The van der Waals surface area contributed by atoms with Crippen molar-refractivity contribution in [2.45, 2.75) is 6.17 Å². The summed E-state index contributed by atoms with van der Waals surface area (Å²) in [7, 11) is 0. The molecule has 0 aliphatic carbocycles. The number of rotatable bonds is 2. The highest BCUT2D eigenvalue weighted by Gasteiger charge is 2.30. The fourth-order valence-corrected chi connectivity index (χ4v) is 4.26. The third kappa shape index (κ3) is 2.53. The van der Waals surface area contributed by atoms with Crippen molar-refractivity contribution in [2.24, 2.45) is 0 Å². The highest BCUT2D eigenvalue weighted by molar-refractivity contribution is 7.73. The minimum atomic E-state index is -0.405. The molecule has 0 fully saturated rings. The summed E-state index contributed by atoms with van der Waals surface area (Å²) in [5.74, 6) is 0.546. The molecule has 7 heteroatoms. The fourth-order valence-electron chi connectivity index (χ4n) is 2.70. The van der Waals surface area contributed by atoms with Crippen LogP contribution < -0.4 is 10.6 Å². The zero-order chi connectivity index (χ0) is 16.7. The Morgan fingerprint density at radius 2 is 1.75 bits per heavy atom. The molecule has 0 unspecified atom stereocenters. The standard InChI is InChI=1S/C17H12ClN3OS2/c18-12-9-5-4-8-11(12)14-19-15-13(16(22)20-14)24-17(23)21(15)10-6-2-1-3-7-10/h1-9,14,19H,(H,20,22)/t14-/m1/s1. The van der Waals surface area contributed by atoms with E-state index in [9.17, 15) is 4.79 Å². The van der Waals surface area contributed by atoms with Crippen LogP contribution in [-0.4, -0.2) is 10.5 Å². The van der Waals surface area contributed by atoms with E-state index in [-0.39, 0.29) is 5.91 Å². The molecule has 1 aliphatic heterocycles. The predicted molar refractivity (Wildman–Crippen MR) is 99.8 cm³/mol. The van der Waals surface area contributed by atoms with Gasteiger partial charge in [-0.2, -0.15) is 0 Å². The van der Waals surface area contributed by atoms with Crippen LogP contribution in [0.1, 0.15) is 21.4 Å². The van der Waals surface area contributed by atoms with Crippen molar-refractivity contribution >= 4 is 46.9 Å². The number of carbonyl (C=O) groups excluding carboxylic acids is 1. The van der Waals surface area contributed by atoms with Gasteiger partial charge < -0.3 is 10.6 Å². The zero-order valence-electron chi connectivity index (χ0n) is 12.3. The molecule has 2 aromatic carbocycles. The molecule has 0 bridgehead atoms. The van der Waals surface area contributed by atoms with Gasteiger partial charge in [-0.3, -0.25) is 9.36 Å². The van der Waals surface area contributed by atoms with E-state index in [0.29, 0.717) is 19.7 Å². The lowest BCUT2D eigenvalue weighted by molar-refractivity contribution is 0.0939. The topological polar surface area (TPSA) is 46.1 Å². The van der Waals surface area contributed by atoms with Gasteiger partial charge in [0.1, 0.15) is 16.9 Å². The number of para-hydroxylation sites is 1. The molecular formula is C17H12ClN3OS2. The third-order valence-electron chi connectivity index (χ3n) is 3.80. The number of fused-ring (bicyclic) bond motifs is 1. The quantitative estimate of drug-likeness (QED) is 0.636. The number of benzene rings is 2. The van der Waals surface area contributed by atoms with Crippen LogP contribution in [-0.2, 0) is 0 Å². The van der Waals surface area contributed by atoms with Gasteiger partial charge in [-0.15, -0.1) is 0 Å². The predicted octanol–water partition coefficient (Wildman–Crippen LogP) is 4.78. The van der Waals surface area contributed by atoms with Gasteiger partial charge in [0, 0.05) is 16.3 Å². The van der Waals surface area contributed by atoms with E-state index < -0.39 is 6.17 Å². The maximum atomic E-state index is 12.5. The van der Waals surface area contributed by atoms with Crippen molar-refractivity contribution in [2.75, 3.05) is 5.32 Å². The molecule has 4 nitrogen and oxygen atoms in total. The van der Waals surface area contributed by atoms with E-state index in [1.807, 2.05) is 53.1 Å². The highest BCUT2D eigenvalue weighted by Crippen LogP contribution is 2.35. The van der Waals surface area contributed by atoms with Crippen molar-refractivity contribution in [3.63, 3.8) is 0 Å². The molecule has 1 aliphatic rings. The first-order chi connectivity index (χ1) is 11.6. The molecule has 2 N–H and O–H groups in total. The molecule has 2 heterocycles. The third-order valence-corrected chi connectivity index (χ3v) is 5.52.